The summed E-state index contributed by atoms with van der Waals surface area (Å²) in [4.78, 5) is 25.3. The van der Waals surface area contributed by atoms with E-state index in [0.717, 1.165) is 6.04 Å². The van der Waals surface area contributed by atoms with Gasteiger partial charge in [-0.25, -0.2) is 4.79 Å². The van der Waals surface area contributed by atoms with Crippen molar-refractivity contribution in [3.8, 4) is 0 Å². The third-order valence-electron chi connectivity index (χ3n) is 3.31. The first-order valence-corrected chi connectivity index (χ1v) is 9.84. The van der Waals surface area contributed by atoms with E-state index in [2.05, 4.69) is 19.6 Å². The molecule has 0 aromatic rings. The Balaban J connectivity index is 2.90. The maximum absolute atomic E-state index is 11.9. The highest BCUT2D eigenvalue weighted by atomic mass is 28.3. The summed E-state index contributed by atoms with van der Waals surface area (Å²) in [6.45, 7) is 12.3. The molecule has 0 spiro atoms. The van der Waals surface area contributed by atoms with E-state index in [9.17, 15) is 9.59 Å². The van der Waals surface area contributed by atoms with Gasteiger partial charge in [0, 0.05) is 8.07 Å². The van der Waals surface area contributed by atoms with Crippen LogP contribution in [0, 0.1) is 0 Å². The van der Waals surface area contributed by atoms with Gasteiger partial charge in [0.1, 0.15) is 5.54 Å². The molecule has 0 saturated carbocycles. The van der Waals surface area contributed by atoms with Crippen LogP contribution in [0.1, 0.15) is 20.8 Å². The Bertz CT molecular complexity index is 337. The van der Waals surface area contributed by atoms with Crippen molar-refractivity contribution in [3.63, 3.8) is 0 Å². The Hall–Kier alpha value is -0.843. The fourth-order valence-corrected chi connectivity index (χ4v) is 4.96. The summed E-state index contributed by atoms with van der Waals surface area (Å²) in [6.07, 6.45) is -0.353. The molecule has 2 atom stereocenters. The van der Waals surface area contributed by atoms with E-state index < -0.39 is 13.6 Å². The molecule has 0 bridgehead atoms. The number of carbonyl (C=O) groups is 2. The highest BCUT2D eigenvalue weighted by Crippen LogP contribution is 2.48. The van der Waals surface area contributed by atoms with E-state index in [1.807, 2.05) is 6.92 Å². The Kier molecular flexibility index (Phi) is 3.71. The number of ketones is 1. The topological polar surface area (TPSA) is 46.4 Å². The van der Waals surface area contributed by atoms with Gasteiger partial charge in [-0.3, -0.25) is 9.69 Å². The standard InChI is InChI=1S/C12H23NO3Si/c1-7-16-11(15)13-9(2)12(13,10(3)14)8-17(4,5)6/h9H,7-8H2,1-6H3. The van der Waals surface area contributed by atoms with Crippen LogP contribution in [-0.4, -0.2) is 43.0 Å². The second-order valence-corrected chi connectivity index (χ2v) is 11.4. The minimum Gasteiger partial charge on any atom is -0.450 e. The molecule has 1 saturated heterocycles. The minimum atomic E-state index is -1.42. The first-order chi connectivity index (χ1) is 7.66. The van der Waals surface area contributed by atoms with E-state index in [1.54, 1.807) is 18.7 Å². The number of hydrogen-bond donors (Lipinski definition) is 0. The molecule has 0 aliphatic carbocycles. The predicted octanol–water partition coefficient (Wildman–Crippen LogP) is 2.51. The van der Waals surface area contributed by atoms with Crippen LogP contribution in [-0.2, 0) is 9.53 Å². The lowest BCUT2D eigenvalue weighted by atomic mass is 10.0. The highest BCUT2D eigenvalue weighted by molar-refractivity contribution is 6.76. The lowest BCUT2D eigenvalue weighted by molar-refractivity contribution is -0.120. The molecule has 1 aliphatic heterocycles. The molecular weight excluding hydrogens is 234 g/mol. The fraction of sp³-hybridized carbons (Fsp3) is 0.833. The Morgan fingerprint density at radius 2 is 1.88 bits per heavy atom. The van der Waals surface area contributed by atoms with Crippen molar-refractivity contribution >= 4 is 20.0 Å². The van der Waals surface area contributed by atoms with Gasteiger partial charge in [0.2, 0.25) is 0 Å². The fourth-order valence-electron chi connectivity index (χ4n) is 2.62. The van der Waals surface area contributed by atoms with Crippen LogP contribution < -0.4 is 0 Å². The number of nitrogens with zero attached hydrogens (tertiary/aromatic N) is 1. The van der Waals surface area contributed by atoms with Crippen molar-refractivity contribution in [2.45, 2.75) is 58.0 Å². The summed E-state index contributed by atoms with van der Waals surface area (Å²) in [7, 11) is -1.42. The van der Waals surface area contributed by atoms with Crippen molar-refractivity contribution in [2.24, 2.45) is 0 Å². The molecule has 2 unspecified atom stereocenters. The molecule has 0 N–H and O–H groups in total. The van der Waals surface area contributed by atoms with Crippen LogP contribution in [0.3, 0.4) is 0 Å². The summed E-state index contributed by atoms with van der Waals surface area (Å²) in [5, 5.41) is 0. The Morgan fingerprint density at radius 1 is 1.35 bits per heavy atom. The molecule has 0 radical (unpaired) electrons. The zero-order valence-corrected chi connectivity index (χ0v) is 12.7. The van der Waals surface area contributed by atoms with Crippen LogP contribution in [0.2, 0.25) is 25.7 Å². The Labute approximate surface area is 104 Å². The molecule has 1 aliphatic rings. The summed E-state index contributed by atoms with van der Waals surface area (Å²) in [5.41, 5.74) is -0.587. The van der Waals surface area contributed by atoms with Gasteiger partial charge in [0.25, 0.3) is 0 Å². The van der Waals surface area contributed by atoms with Gasteiger partial charge in [-0.15, -0.1) is 0 Å². The summed E-state index contributed by atoms with van der Waals surface area (Å²) >= 11 is 0. The molecule has 4 nitrogen and oxygen atoms in total. The number of amides is 1. The van der Waals surface area contributed by atoms with Gasteiger partial charge >= 0.3 is 6.09 Å². The van der Waals surface area contributed by atoms with Crippen molar-refractivity contribution in [1.82, 2.24) is 4.90 Å². The van der Waals surface area contributed by atoms with Gasteiger partial charge in [-0.1, -0.05) is 19.6 Å². The largest absolute Gasteiger partial charge is 0.450 e. The first kappa shape index (κ1) is 14.2. The molecule has 1 rings (SSSR count). The lowest BCUT2D eigenvalue weighted by Crippen LogP contribution is -2.39. The van der Waals surface area contributed by atoms with Gasteiger partial charge in [-0.2, -0.15) is 0 Å². The average Bonchev–Trinajstić information content (AvgIpc) is 2.70. The van der Waals surface area contributed by atoms with Crippen molar-refractivity contribution in [3.05, 3.63) is 0 Å². The lowest BCUT2D eigenvalue weighted by Gasteiger charge is -2.23. The first-order valence-electron chi connectivity index (χ1n) is 6.14. The summed E-state index contributed by atoms with van der Waals surface area (Å²) in [5.74, 6) is 0.0838. The van der Waals surface area contributed by atoms with E-state index in [0.29, 0.717) is 6.61 Å². The minimum absolute atomic E-state index is 0.0224. The van der Waals surface area contributed by atoms with Crippen LogP contribution in [0.5, 0.6) is 0 Å². The summed E-state index contributed by atoms with van der Waals surface area (Å²) in [6, 6.07) is 0.792. The molecule has 98 valence electrons. The van der Waals surface area contributed by atoms with E-state index in [4.69, 9.17) is 4.74 Å². The predicted molar refractivity (Wildman–Crippen MR) is 69.9 cm³/mol. The van der Waals surface area contributed by atoms with Gasteiger partial charge in [0.15, 0.2) is 5.78 Å². The van der Waals surface area contributed by atoms with Crippen molar-refractivity contribution in [1.29, 1.82) is 0 Å². The van der Waals surface area contributed by atoms with E-state index in [1.165, 1.54) is 0 Å². The van der Waals surface area contributed by atoms with Crippen LogP contribution in [0.15, 0.2) is 0 Å². The monoisotopic (exact) mass is 257 g/mol. The molecule has 1 fully saturated rings. The second kappa shape index (κ2) is 4.44. The zero-order valence-electron chi connectivity index (χ0n) is 11.7. The van der Waals surface area contributed by atoms with Gasteiger partial charge in [-0.05, 0) is 26.8 Å². The maximum Gasteiger partial charge on any atom is 0.410 e. The van der Waals surface area contributed by atoms with E-state index >= 15 is 0 Å². The van der Waals surface area contributed by atoms with Crippen molar-refractivity contribution < 1.29 is 14.3 Å². The number of Topliss-reactive ketones (excluding diaryl/α,β-unsaturated/α-hetero) is 1. The maximum atomic E-state index is 11.9. The number of hydrogen-bond acceptors (Lipinski definition) is 3. The smallest absolute Gasteiger partial charge is 0.410 e. The molecule has 0 aromatic heterocycles. The van der Waals surface area contributed by atoms with Gasteiger partial charge < -0.3 is 4.74 Å². The molecule has 1 heterocycles. The van der Waals surface area contributed by atoms with Crippen LogP contribution >= 0.6 is 0 Å². The van der Waals surface area contributed by atoms with Gasteiger partial charge in [0.05, 0.1) is 12.6 Å². The number of ether oxygens (including phenoxy) is 1. The second-order valence-electron chi connectivity index (χ2n) is 5.96. The third-order valence-corrected chi connectivity index (χ3v) is 4.91. The quantitative estimate of drug-likeness (QED) is 0.574. The molecular formula is C12H23NO3Si. The average molecular weight is 257 g/mol. The molecule has 0 aromatic carbocycles. The normalized spacial score (nSPS) is 27.9. The third kappa shape index (κ3) is 2.54. The molecule has 17 heavy (non-hydrogen) atoms. The summed E-state index contributed by atoms with van der Waals surface area (Å²) < 4.78 is 5.01. The number of rotatable bonds is 4. The van der Waals surface area contributed by atoms with Crippen LogP contribution in [0.25, 0.3) is 0 Å². The highest BCUT2D eigenvalue weighted by Gasteiger charge is 2.67. The van der Waals surface area contributed by atoms with E-state index in [-0.39, 0.29) is 17.9 Å². The van der Waals surface area contributed by atoms with Crippen LogP contribution in [0.4, 0.5) is 4.79 Å². The molecule has 1 amide bonds. The molecule has 5 heteroatoms. The SMILES string of the molecule is CCOC(=O)N1C(C)C1(C[Si](C)(C)C)C(C)=O. The van der Waals surface area contributed by atoms with Crippen molar-refractivity contribution in [2.75, 3.05) is 6.61 Å². The Morgan fingerprint density at radius 3 is 2.24 bits per heavy atom. The zero-order chi connectivity index (χ0) is 13.4. The number of carbonyl (C=O) groups excluding carboxylic acids is 2.